The Kier molecular flexibility index (Phi) is 4.40. The molecule has 0 saturated carbocycles. The number of thiazole rings is 1. The van der Waals surface area contributed by atoms with E-state index in [4.69, 9.17) is 20.8 Å². The van der Waals surface area contributed by atoms with Crippen molar-refractivity contribution in [1.29, 1.82) is 0 Å². The van der Waals surface area contributed by atoms with E-state index in [1.165, 1.54) is 43.0 Å². The molecule has 0 spiro atoms. The molecule has 3 aromatic rings. The lowest BCUT2D eigenvalue weighted by Crippen LogP contribution is -2.05. The van der Waals surface area contributed by atoms with Crippen molar-refractivity contribution in [2.75, 3.05) is 7.11 Å². The number of oxazole rings is 1. The van der Waals surface area contributed by atoms with Gasteiger partial charge in [-0.15, -0.1) is 11.3 Å². The highest BCUT2D eigenvalue weighted by Crippen LogP contribution is 2.31. The summed E-state index contributed by atoms with van der Waals surface area (Å²) in [6.07, 6.45) is 3.23. The van der Waals surface area contributed by atoms with Crippen molar-refractivity contribution in [3.63, 3.8) is 0 Å². The minimum Gasteiger partial charge on any atom is -0.464 e. The van der Waals surface area contributed by atoms with Gasteiger partial charge >= 0.3 is 5.97 Å². The standard InChI is InChI=1S/C15H10ClFN2O3S/c1-21-15(20)12-11(6-8-2-3-9(17)7-10(8)16)23-14(19-12)13-18-4-5-22-13/h2-5,7H,6H2,1H3. The molecule has 3 rings (SSSR count). The van der Waals surface area contributed by atoms with Crippen molar-refractivity contribution < 1.29 is 18.3 Å². The summed E-state index contributed by atoms with van der Waals surface area (Å²) in [7, 11) is 1.28. The zero-order valence-electron chi connectivity index (χ0n) is 11.9. The molecule has 0 saturated heterocycles. The van der Waals surface area contributed by atoms with Crippen LogP contribution in [-0.2, 0) is 11.2 Å². The number of hydrogen-bond donors (Lipinski definition) is 0. The molecule has 5 nitrogen and oxygen atoms in total. The largest absolute Gasteiger partial charge is 0.464 e. The van der Waals surface area contributed by atoms with Gasteiger partial charge < -0.3 is 9.15 Å². The predicted molar refractivity (Wildman–Crippen MR) is 83.2 cm³/mol. The summed E-state index contributed by atoms with van der Waals surface area (Å²) >= 11 is 7.30. The van der Waals surface area contributed by atoms with Crippen LogP contribution in [-0.4, -0.2) is 23.0 Å². The first-order valence-corrected chi connectivity index (χ1v) is 7.69. The van der Waals surface area contributed by atoms with Gasteiger partial charge in [0.05, 0.1) is 13.3 Å². The molecule has 0 aliphatic heterocycles. The summed E-state index contributed by atoms with van der Waals surface area (Å²) in [4.78, 5) is 20.8. The molecule has 1 aromatic carbocycles. The number of carbonyl (C=O) groups is 1. The van der Waals surface area contributed by atoms with Gasteiger partial charge in [0.1, 0.15) is 12.1 Å². The van der Waals surface area contributed by atoms with E-state index in [2.05, 4.69) is 9.97 Å². The van der Waals surface area contributed by atoms with Crippen LogP contribution in [0.2, 0.25) is 5.02 Å². The number of hydrogen-bond acceptors (Lipinski definition) is 6. The lowest BCUT2D eigenvalue weighted by Gasteiger charge is -2.04. The number of aromatic nitrogens is 2. The molecule has 0 amide bonds. The summed E-state index contributed by atoms with van der Waals surface area (Å²) in [6, 6.07) is 4.11. The Labute approximate surface area is 139 Å². The number of methoxy groups -OCH3 is 1. The topological polar surface area (TPSA) is 65.2 Å². The molecular weight excluding hydrogens is 343 g/mol. The highest BCUT2D eigenvalue weighted by molar-refractivity contribution is 7.15. The van der Waals surface area contributed by atoms with Crippen LogP contribution in [0, 0.1) is 5.82 Å². The molecule has 0 atom stereocenters. The fraction of sp³-hybridized carbons (Fsp3) is 0.133. The first kappa shape index (κ1) is 15.6. The van der Waals surface area contributed by atoms with Crippen LogP contribution in [0.5, 0.6) is 0 Å². The van der Waals surface area contributed by atoms with Crippen LogP contribution in [0.25, 0.3) is 10.9 Å². The van der Waals surface area contributed by atoms with Gasteiger partial charge in [-0.1, -0.05) is 17.7 Å². The summed E-state index contributed by atoms with van der Waals surface area (Å²) in [5, 5.41) is 0.746. The van der Waals surface area contributed by atoms with E-state index in [1.54, 1.807) is 6.07 Å². The number of esters is 1. The molecule has 2 heterocycles. The maximum Gasteiger partial charge on any atom is 0.357 e. The smallest absolute Gasteiger partial charge is 0.357 e. The van der Waals surface area contributed by atoms with Gasteiger partial charge in [0.25, 0.3) is 5.89 Å². The average molecular weight is 353 g/mol. The third-order valence-corrected chi connectivity index (χ3v) is 4.45. The zero-order chi connectivity index (χ0) is 16.4. The van der Waals surface area contributed by atoms with E-state index in [9.17, 15) is 9.18 Å². The highest BCUT2D eigenvalue weighted by atomic mass is 35.5. The summed E-state index contributed by atoms with van der Waals surface area (Å²) in [5.74, 6) is -0.666. The van der Waals surface area contributed by atoms with Crippen molar-refractivity contribution >= 4 is 28.9 Å². The SMILES string of the molecule is COC(=O)c1nc(-c2ncco2)sc1Cc1ccc(F)cc1Cl. The predicted octanol–water partition coefficient (Wildman–Crippen LogP) is 3.97. The second-order valence-electron chi connectivity index (χ2n) is 4.53. The summed E-state index contributed by atoms with van der Waals surface area (Å²) < 4.78 is 23.1. The van der Waals surface area contributed by atoms with E-state index >= 15 is 0 Å². The average Bonchev–Trinajstić information content (AvgIpc) is 3.18. The van der Waals surface area contributed by atoms with Crippen molar-refractivity contribution in [1.82, 2.24) is 9.97 Å². The number of ether oxygens (including phenoxy) is 1. The monoisotopic (exact) mass is 352 g/mol. The fourth-order valence-corrected chi connectivity index (χ4v) is 3.23. The quantitative estimate of drug-likeness (QED) is 0.665. The third-order valence-electron chi connectivity index (χ3n) is 3.06. The van der Waals surface area contributed by atoms with Crippen LogP contribution in [0.3, 0.4) is 0 Å². The molecule has 0 aliphatic carbocycles. The van der Waals surface area contributed by atoms with Crippen LogP contribution < -0.4 is 0 Å². The van der Waals surface area contributed by atoms with Gasteiger partial charge in [-0.05, 0) is 17.7 Å². The molecule has 2 aromatic heterocycles. The van der Waals surface area contributed by atoms with Gasteiger partial charge in [-0.25, -0.2) is 19.2 Å². The Morgan fingerprint density at radius 1 is 1.48 bits per heavy atom. The maximum atomic E-state index is 13.1. The molecule has 0 bridgehead atoms. The normalized spacial score (nSPS) is 10.7. The second kappa shape index (κ2) is 6.47. The zero-order valence-corrected chi connectivity index (χ0v) is 13.4. The van der Waals surface area contributed by atoms with Crippen molar-refractivity contribution in [3.8, 4) is 10.9 Å². The summed E-state index contributed by atoms with van der Waals surface area (Å²) in [6.45, 7) is 0. The Morgan fingerprint density at radius 3 is 2.96 bits per heavy atom. The lowest BCUT2D eigenvalue weighted by molar-refractivity contribution is 0.0594. The Balaban J connectivity index is 2.01. The first-order valence-electron chi connectivity index (χ1n) is 6.50. The minimum atomic E-state index is -0.563. The van der Waals surface area contributed by atoms with Gasteiger partial charge in [-0.3, -0.25) is 0 Å². The fourth-order valence-electron chi connectivity index (χ4n) is 1.99. The maximum absolute atomic E-state index is 13.1. The Morgan fingerprint density at radius 2 is 2.30 bits per heavy atom. The Hall–Kier alpha value is -2.25. The van der Waals surface area contributed by atoms with Crippen LogP contribution in [0.4, 0.5) is 4.39 Å². The van der Waals surface area contributed by atoms with Crippen molar-refractivity contribution in [2.45, 2.75) is 6.42 Å². The number of rotatable bonds is 4. The van der Waals surface area contributed by atoms with Crippen LogP contribution in [0.15, 0.2) is 35.1 Å². The Bertz CT molecular complexity index is 849. The molecule has 23 heavy (non-hydrogen) atoms. The van der Waals surface area contributed by atoms with E-state index < -0.39 is 11.8 Å². The van der Waals surface area contributed by atoms with Crippen LogP contribution >= 0.6 is 22.9 Å². The highest BCUT2D eigenvalue weighted by Gasteiger charge is 2.22. The van der Waals surface area contributed by atoms with E-state index in [0.717, 1.165) is 0 Å². The van der Waals surface area contributed by atoms with Gasteiger partial charge in [-0.2, -0.15) is 0 Å². The van der Waals surface area contributed by atoms with Crippen molar-refractivity contribution in [3.05, 3.63) is 57.6 Å². The molecule has 118 valence electrons. The molecule has 8 heteroatoms. The van der Waals surface area contributed by atoms with E-state index in [1.807, 2.05) is 0 Å². The number of benzene rings is 1. The number of nitrogens with zero attached hydrogens (tertiary/aromatic N) is 2. The van der Waals surface area contributed by atoms with Gasteiger partial charge in [0, 0.05) is 16.3 Å². The van der Waals surface area contributed by atoms with E-state index in [0.29, 0.717) is 27.8 Å². The number of halogens is 2. The molecule has 0 fully saturated rings. The van der Waals surface area contributed by atoms with E-state index in [-0.39, 0.29) is 10.7 Å². The minimum absolute atomic E-state index is 0.172. The molecule has 0 unspecified atom stereocenters. The molecule has 0 aliphatic rings. The van der Waals surface area contributed by atoms with Crippen molar-refractivity contribution in [2.24, 2.45) is 0 Å². The van der Waals surface area contributed by atoms with Crippen LogP contribution in [0.1, 0.15) is 20.9 Å². The lowest BCUT2D eigenvalue weighted by atomic mass is 10.1. The third kappa shape index (κ3) is 3.25. The van der Waals surface area contributed by atoms with Gasteiger partial charge in [0.2, 0.25) is 0 Å². The van der Waals surface area contributed by atoms with Gasteiger partial charge in [0.15, 0.2) is 10.7 Å². The molecular formula is C15H10ClFN2O3S. The molecule has 0 N–H and O–H groups in total. The molecule has 0 radical (unpaired) electrons. The number of carbonyl (C=O) groups excluding carboxylic acids is 1. The first-order chi connectivity index (χ1) is 11.1. The summed E-state index contributed by atoms with van der Waals surface area (Å²) in [5.41, 5.74) is 0.854. The second-order valence-corrected chi connectivity index (χ2v) is 6.02.